The fourth-order valence-corrected chi connectivity index (χ4v) is 21.1. The molecule has 11 aromatic rings. The standard InChI is InChI=1S/C24H28N4O2.C23H28N4OS.C22H27N5O2.C22H31N5OS/c1-17(29)18-6-5-7-19(14-18)20-15-22-23(25-16-20)26-24(30-22)28-12-8-21(9-13-28)27-10-3-2-4-11-27;1-28-20-8-4-3-7-19(20)17-15-21-22(24-16-17)25-23(29-21)27-13-9-18(10-14-27)26-11-5-2-6-12-26;1-28-20-7-5-6-18(24-20)16-14-19-21(23-15-16)25-22(29-19)27-12-8-17(9-13-27)26-10-3-2-4-11-26;28-21(16-6-2-3-7-16)24-17-14-19-20(23-15-17)25-22(29-19)27-12-8-18(9-13-27)26-10-4-1-5-11-26/h5-7,14-16,21H,2-4,8-13H2,1H3;3-4,7-8,15-16,18H,2,5-6,9-14H2,1H3;5-7,14-15,17H,2-4,8-13H2,1H3;14-16,18H,1-13H2,(H,24,28). The molecule has 1 aliphatic carbocycles. The predicted octanol–water partition coefficient (Wildman–Crippen LogP) is 17.4. The first-order chi connectivity index (χ1) is 57.5. The van der Waals surface area contributed by atoms with Crippen LogP contribution in [0.3, 0.4) is 0 Å². The van der Waals surface area contributed by atoms with Gasteiger partial charge in [0.05, 0.1) is 41.2 Å². The lowest BCUT2D eigenvalue weighted by molar-refractivity contribution is -0.119. The summed E-state index contributed by atoms with van der Waals surface area (Å²) in [6.45, 7) is 20.0. The molecule has 8 saturated heterocycles. The number of likely N-dealkylation sites (tertiary alicyclic amines) is 4. The van der Waals surface area contributed by atoms with Crippen molar-refractivity contribution < 1.29 is 27.9 Å². The molecule has 17 heterocycles. The maximum absolute atomic E-state index is 12.4. The van der Waals surface area contributed by atoms with Crippen LogP contribution in [0, 0.1) is 5.92 Å². The number of anilines is 5. The van der Waals surface area contributed by atoms with Crippen molar-refractivity contribution in [3.8, 4) is 45.1 Å². The fourth-order valence-electron chi connectivity index (χ4n) is 19.0. The number of nitrogens with zero attached hydrogens (tertiary/aromatic N) is 17. The summed E-state index contributed by atoms with van der Waals surface area (Å²) in [7, 11) is 3.33. The van der Waals surface area contributed by atoms with E-state index < -0.39 is 0 Å². The van der Waals surface area contributed by atoms with Gasteiger partial charge in [0.15, 0.2) is 38.5 Å². The van der Waals surface area contributed by atoms with E-state index in [-0.39, 0.29) is 17.6 Å². The molecule has 2 aromatic carbocycles. The molecule has 0 atom stereocenters. The molecule has 117 heavy (non-hydrogen) atoms. The number of amides is 1. The highest BCUT2D eigenvalue weighted by molar-refractivity contribution is 7.22. The van der Waals surface area contributed by atoms with E-state index in [1.54, 1.807) is 62.4 Å². The number of fused-ring (bicyclic) bond motifs is 4. The maximum atomic E-state index is 12.4. The fraction of sp³-hybridized carbons (Fsp3) is 0.527. The number of aromatic nitrogens is 9. The Morgan fingerprint density at radius 2 is 0.855 bits per heavy atom. The van der Waals surface area contributed by atoms with Crippen LogP contribution < -0.4 is 34.4 Å². The Morgan fingerprint density at radius 1 is 0.402 bits per heavy atom. The van der Waals surface area contributed by atoms with Crippen molar-refractivity contribution in [2.45, 2.75) is 185 Å². The minimum Gasteiger partial charge on any atom is -0.496 e. The SMILES string of the molecule is CC(=O)c1cccc(-c2cnc3nc(N4CCC(N5CCCCC5)CC4)oc3c2)c1.COc1cccc(-c2cnc3nc(N4CCC(N5CCCCC5)CC4)oc3c2)n1.COc1ccccc1-c1cnc2nc(N3CCC(N4CCCCC4)CC3)sc2c1.O=C(Nc1cnc2nc(N3CCC(N4CCCCC4)CC3)sc2c1)C1CCCC1. The van der Waals surface area contributed by atoms with Crippen molar-refractivity contribution in [3.05, 3.63) is 121 Å². The second kappa shape index (κ2) is 38.2. The molecule has 24 nitrogen and oxygen atoms in total. The summed E-state index contributed by atoms with van der Waals surface area (Å²) in [5, 5.41) is 5.25. The summed E-state index contributed by atoms with van der Waals surface area (Å²) in [6.07, 6.45) is 37.7. The van der Waals surface area contributed by atoms with Crippen LogP contribution in [0.25, 0.3) is 76.7 Å². The smallest absolute Gasteiger partial charge is 0.299 e. The molecular formula is C91H114N18O6S2. The summed E-state index contributed by atoms with van der Waals surface area (Å²) in [5.74, 6) is 1.83. The van der Waals surface area contributed by atoms with Crippen LogP contribution in [-0.4, -0.2) is 219 Å². The number of thiazole rings is 2. The van der Waals surface area contributed by atoms with Gasteiger partial charge in [-0.15, -0.1) is 0 Å². The Bertz CT molecular complexity index is 5100. The molecule has 1 saturated carbocycles. The Morgan fingerprint density at radius 3 is 1.36 bits per heavy atom. The van der Waals surface area contributed by atoms with Gasteiger partial charge in [-0.1, -0.05) is 104 Å². The van der Waals surface area contributed by atoms with Crippen LogP contribution in [0.5, 0.6) is 11.6 Å². The average molecular weight is 1620 g/mol. The van der Waals surface area contributed by atoms with E-state index in [4.69, 9.17) is 28.3 Å². The lowest BCUT2D eigenvalue weighted by Crippen LogP contribution is -2.46. The Hall–Kier alpha value is -9.31. The minimum absolute atomic E-state index is 0.0563. The normalized spacial score (nSPS) is 19.8. The number of ketones is 1. The molecule has 616 valence electrons. The van der Waals surface area contributed by atoms with Crippen molar-refractivity contribution in [2.75, 3.05) is 144 Å². The Balaban J connectivity index is 0.000000112. The third-order valence-corrected chi connectivity index (χ3v) is 27.9. The molecule has 20 rings (SSSR count). The van der Waals surface area contributed by atoms with Crippen LogP contribution in [-0.2, 0) is 4.79 Å². The van der Waals surface area contributed by atoms with E-state index in [9.17, 15) is 9.59 Å². The molecule has 0 radical (unpaired) electrons. The lowest BCUT2D eigenvalue weighted by atomic mass is 10.0. The number of rotatable bonds is 16. The molecule has 26 heteroatoms. The van der Waals surface area contributed by atoms with Crippen molar-refractivity contribution in [1.82, 2.24) is 64.5 Å². The first-order valence-corrected chi connectivity index (χ1v) is 45.3. The number of hydrogen-bond acceptors (Lipinski definition) is 25. The third kappa shape index (κ3) is 19.5. The number of ether oxygens (including phenoxy) is 2. The first kappa shape index (κ1) is 80.1. The summed E-state index contributed by atoms with van der Waals surface area (Å²) < 4.78 is 25.1. The van der Waals surface area contributed by atoms with Crippen molar-refractivity contribution in [2.24, 2.45) is 5.92 Å². The highest BCUT2D eigenvalue weighted by atomic mass is 32.1. The molecule has 0 unspecified atom stereocenters. The number of para-hydroxylation sites is 1. The summed E-state index contributed by atoms with van der Waals surface area (Å²) in [4.78, 5) is 85.8. The minimum atomic E-state index is 0.0563. The highest BCUT2D eigenvalue weighted by Crippen LogP contribution is 2.39. The molecule has 9 aromatic heterocycles. The van der Waals surface area contributed by atoms with Gasteiger partial charge in [0.1, 0.15) is 5.75 Å². The highest BCUT2D eigenvalue weighted by Gasteiger charge is 2.33. The molecular weight excluding hydrogens is 1510 g/mol. The number of oxazole rings is 2. The third-order valence-electron chi connectivity index (χ3n) is 25.8. The summed E-state index contributed by atoms with van der Waals surface area (Å²) in [5.41, 5.74) is 11.5. The number of hydrogen-bond donors (Lipinski definition) is 1. The van der Waals surface area contributed by atoms with Crippen molar-refractivity contribution in [1.29, 1.82) is 0 Å². The summed E-state index contributed by atoms with van der Waals surface area (Å²) in [6, 6.07) is 33.8. The molecule has 0 spiro atoms. The average Bonchev–Trinajstić information content (AvgIpc) is 1.67. The molecule has 0 bridgehead atoms. The van der Waals surface area contributed by atoms with Gasteiger partial charge in [0.2, 0.25) is 23.1 Å². The molecule has 8 aliphatic heterocycles. The quantitative estimate of drug-likeness (QED) is 0.0886. The zero-order valence-corrected chi connectivity index (χ0v) is 70.1. The van der Waals surface area contributed by atoms with Crippen LogP contribution in [0.4, 0.5) is 28.0 Å². The molecule has 1 amide bonds. The number of carbonyl (C=O) groups excluding carboxylic acids is 2. The van der Waals surface area contributed by atoms with Crippen molar-refractivity contribution in [3.63, 3.8) is 0 Å². The number of nitrogens with one attached hydrogen (secondary N) is 1. The molecule has 1 N–H and O–H groups in total. The lowest BCUT2D eigenvalue weighted by Gasteiger charge is -2.40. The monoisotopic (exact) mass is 1620 g/mol. The van der Waals surface area contributed by atoms with Gasteiger partial charge in [0.25, 0.3) is 12.0 Å². The largest absolute Gasteiger partial charge is 0.496 e. The van der Waals surface area contributed by atoms with E-state index in [1.165, 1.54) is 181 Å². The Labute approximate surface area is 695 Å². The van der Waals surface area contributed by atoms with E-state index >= 15 is 0 Å². The number of piperidine rings is 8. The zero-order valence-electron chi connectivity index (χ0n) is 68.5. The van der Waals surface area contributed by atoms with Gasteiger partial charge in [-0.05, 0) is 223 Å². The van der Waals surface area contributed by atoms with Crippen LogP contribution in [0.1, 0.15) is 171 Å². The first-order valence-electron chi connectivity index (χ1n) is 43.6. The second-order valence-electron chi connectivity index (χ2n) is 33.3. The van der Waals surface area contributed by atoms with Gasteiger partial charge < -0.3 is 62.8 Å². The van der Waals surface area contributed by atoms with E-state index in [2.05, 4.69) is 91.5 Å². The number of Topliss-reactive ketones (excluding diaryl/α,β-unsaturated/α-hetero) is 1. The van der Waals surface area contributed by atoms with Gasteiger partial charge in [-0.3, -0.25) is 9.59 Å². The maximum Gasteiger partial charge on any atom is 0.299 e. The number of methoxy groups -OCH3 is 2. The molecule has 9 fully saturated rings. The number of pyridine rings is 5. The van der Waals surface area contributed by atoms with Crippen molar-refractivity contribution >= 4 is 105 Å². The predicted molar refractivity (Wildman–Crippen MR) is 469 cm³/mol. The topological polar surface area (TPSA) is 233 Å². The van der Waals surface area contributed by atoms with Crippen LogP contribution in [0.15, 0.2) is 125 Å². The Kier molecular flexibility index (Phi) is 26.1. The van der Waals surface area contributed by atoms with E-state index in [0.717, 1.165) is 166 Å². The number of carbonyl (C=O) groups is 2. The summed E-state index contributed by atoms with van der Waals surface area (Å²) >= 11 is 3.46. The molecule has 9 aliphatic rings. The van der Waals surface area contributed by atoms with Gasteiger partial charge in [-0.25, -0.2) is 24.9 Å². The zero-order chi connectivity index (χ0) is 79.4. The van der Waals surface area contributed by atoms with Crippen LogP contribution >= 0.6 is 22.7 Å². The van der Waals surface area contributed by atoms with Gasteiger partial charge in [0, 0.05) is 135 Å². The van der Waals surface area contributed by atoms with Crippen LogP contribution in [0.2, 0.25) is 0 Å². The van der Waals surface area contributed by atoms with E-state index in [1.807, 2.05) is 85.1 Å². The second-order valence-corrected chi connectivity index (χ2v) is 35.3. The van der Waals surface area contributed by atoms with Gasteiger partial charge >= 0.3 is 0 Å². The number of benzene rings is 2. The van der Waals surface area contributed by atoms with E-state index in [0.29, 0.717) is 58.0 Å². The van der Waals surface area contributed by atoms with Gasteiger partial charge in [-0.2, -0.15) is 19.9 Å².